The molecule has 0 aliphatic carbocycles. The van der Waals surface area contributed by atoms with Crippen LogP contribution in [-0.4, -0.2) is 24.6 Å². The predicted molar refractivity (Wildman–Crippen MR) is 102 cm³/mol. The van der Waals surface area contributed by atoms with Gasteiger partial charge in [-0.25, -0.2) is 4.79 Å². The summed E-state index contributed by atoms with van der Waals surface area (Å²) < 4.78 is 10.7. The molecule has 2 aromatic rings. The van der Waals surface area contributed by atoms with Crippen molar-refractivity contribution in [2.45, 2.75) is 26.9 Å². The van der Waals surface area contributed by atoms with E-state index in [0.717, 1.165) is 0 Å². The summed E-state index contributed by atoms with van der Waals surface area (Å²) in [4.78, 5) is 24.1. The topological polar surface area (TPSA) is 64.6 Å². The van der Waals surface area contributed by atoms with Crippen LogP contribution >= 0.6 is 11.6 Å². The highest BCUT2D eigenvalue weighted by Crippen LogP contribution is 2.22. The lowest BCUT2D eigenvalue weighted by molar-refractivity contribution is -0.152. The number of benzene rings is 2. The third kappa shape index (κ3) is 5.77. The van der Waals surface area contributed by atoms with E-state index in [1.54, 1.807) is 55.5 Å². The minimum atomic E-state index is -0.725. The number of anilines is 1. The van der Waals surface area contributed by atoms with Crippen molar-refractivity contribution in [1.29, 1.82) is 0 Å². The van der Waals surface area contributed by atoms with Crippen molar-refractivity contribution in [2.24, 2.45) is 5.92 Å². The standard InChI is InChI=1S/C20H22ClNO4/c1-13(2)12-25-20(24)14(3)26-16-10-8-15(9-11-16)19(23)22-18-7-5-4-6-17(18)21/h4-11,13-14H,12H2,1-3H3,(H,22,23)/t14-/m1/s1. The van der Waals surface area contributed by atoms with Crippen molar-refractivity contribution in [1.82, 2.24) is 0 Å². The van der Waals surface area contributed by atoms with Crippen molar-refractivity contribution in [3.05, 3.63) is 59.1 Å². The first-order chi connectivity index (χ1) is 12.4. The third-order valence-corrected chi connectivity index (χ3v) is 3.77. The maximum absolute atomic E-state index is 12.3. The van der Waals surface area contributed by atoms with Gasteiger partial charge in [-0.2, -0.15) is 0 Å². The normalized spacial score (nSPS) is 11.7. The highest BCUT2D eigenvalue weighted by molar-refractivity contribution is 6.33. The van der Waals surface area contributed by atoms with Gasteiger partial charge in [-0.15, -0.1) is 0 Å². The molecule has 5 nitrogen and oxygen atoms in total. The van der Waals surface area contributed by atoms with Crippen molar-refractivity contribution < 1.29 is 19.1 Å². The number of amides is 1. The van der Waals surface area contributed by atoms with E-state index in [2.05, 4.69) is 5.32 Å². The molecule has 0 fully saturated rings. The number of hydrogen-bond acceptors (Lipinski definition) is 4. The summed E-state index contributed by atoms with van der Waals surface area (Å²) in [7, 11) is 0. The lowest BCUT2D eigenvalue weighted by Gasteiger charge is -2.15. The molecule has 0 saturated carbocycles. The number of halogens is 1. The molecular formula is C20H22ClNO4. The monoisotopic (exact) mass is 375 g/mol. The molecule has 1 amide bonds. The van der Waals surface area contributed by atoms with E-state index in [9.17, 15) is 9.59 Å². The lowest BCUT2D eigenvalue weighted by Crippen LogP contribution is -2.27. The first-order valence-corrected chi connectivity index (χ1v) is 8.74. The molecule has 1 N–H and O–H groups in total. The van der Waals surface area contributed by atoms with Crippen molar-refractivity contribution in [3.63, 3.8) is 0 Å². The van der Waals surface area contributed by atoms with Crippen LogP contribution in [0, 0.1) is 5.92 Å². The highest BCUT2D eigenvalue weighted by atomic mass is 35.5. The second-order valence-electron chi connectivity index (χ2n) is 6.24. The van der Waals surface area contributed by atoms with Crippen LogP contribution in [0.3, 0.4) is 0 Å². The number of hydrogen-bond donors (Lipinski definition) is 1. The quantitative estimate of drug-likeness (QED) is 0.720. The molecule has 2 rings (SSSR count). The van der Waals surface area contributed by atoms with Gasteiger partial charge in [0.2, 0.25) is 0 Å². The number of esters is 1. The number of ether oxygens (including phenoxy) is 2. The van der Waals surface area contributed by atoms with Crippen LogP contribution < -0.4 is 10.1 Å². The van der Waals surface area contributed by atoms with Crippen LogP contribution in [0.15, 0.2) is 48.5 Å². The molecule has 0 unspecified atom stereocenters. The predicted octanol–water partition coefficient (Wildman–Crippen LogP) is 4.56. The lowest BCUT2D eigenvalue weighted by atomic mass is 10.2. The molecule has 0 aromatic heterocycles. The number of carbonyl (C=O) groups is 2. The summed E-state index contributed by atoms with van der Waals surface area (Å²) >= 11 is 6.03. The molecule has 0 bridgehead atoms. The molecule has 0 heterocycles. The Labute approximate surface area is 158 Å². The Morgan fingerprint density at radius 1 is 1.04 bits per heavy atom. The minimum absolute atomic E-state index is 0.266. The van der Waals surface area contributed by atoms with Gasteiger partial charge in [-0.1, -0.05) is 37.6 Å². The van der Waals surface area contributed by atoms with Gasteiger partial charge in [0.1, 0.15) is 5.75 Å². The Morgan fingerprint density at radius 2 is 1.69 bits per heavy atom. The van der Waals surface area contributed by atoms with Crippen molar-refractivity contribution in [3.8, 4) is 5.75 Å². The van der Waals surface area contributed by atoms with Crippen molar-refractivity contribution in [2.75, 3.05) is 11.9 Å². The maximum atomic E-state index is 12.3. The molecule has 138 valence electrons. The van der Waals surface area contributed by atoms with E-state index in [4.69, 9.17) is 21.1 Å². The molecule has 0 spiro atoms. The van der Waals surface area contributed by atoms with Gasteiger partial charge < -0.3 is 14.8 Å². The van der Waals surface area contributed by atoms with Gasteiger partial charge >= 0.3 is 5.97 Å². The Hall–Kier alpha value is -2.53. The number of carbonyl (C=O) groups excluding carboxylic acids is 2. The van der Waals surface area contributed by atoms with Gasteiger partial charge in [-0.3, -0.25) is 4.79 Å². The summed E-state index contributed by atoms with van der Waals surface area (Å²) in [6.07, 6.45) is -0.725. The second-order valence-corrected chi connectivity index (χ2v) is 6.65. The summed E-state index contributed by atoms with van der Waals surface area (Å²) in [6.45, 7) is 5.91. The Bertz CT molecular complexity index is 759. The van der Waals surface area contributed by atoms with Crippen molar-refractivity contribution >= 4 is 29.2 Å². The van der Waals surface area contributed by atoms with E-state index in [1.165, 1.54) is 0 Å². The maximum Gasteiger partial charge on any atom is 0.347 e. The Balaban J connectivity index is 1.94. The zero-order chi connectivity index (χ0) is 19.1. The van der Waals surface area contributed by atoms with Gasteiger partial charge in [0.25, 0.3) is 5.91 Å². The molecule has 6 heteroatoms. The van der Waals surface area contributed by atoms with Crippen LogP contribution in [0.5, 0.6) is 5.75 Å². The molecule has 0 saturated heterocycles. The van der Waals surface area contributed by atoms with Crippen LogP contribution in [0.1, 0.15) is 31.1 Å². The molecule has 0 aliphatic rings. The fourth-order valence-electron chi connectivity index (χ4n) is 2.06. The average Bonchev–Trinajstić information content (AvgIpc) is 2.62. The smallest absolute Gasteiger partial charge is 0.347 e. The van der Waals surface area contributed by atoms with Gasteiger partial charge in [0.15, 0.2) is 6.10 Å². The van der Waals surface area contributed by atoms with E-state index in [1.807, 2.05) is 13.8 Å². The zero-order valence-electron chi connectivity index (χ0n) is 15.0. The minimum Gasteiger partial charge on any atom is -0.479 e. The average molecular weight is 376 g/mol. The fraction of sp³-hybridized carbons (Fsp3) is 0.300. The molecule has 1 atom stereocenters. The number of nitrogens with one attached hydrogen (secondary N) is 1. The van der Waals surface area contributed by atoms with Gasteiger partial charge in [-0.05, 0) is 49.2 Å². The van der Waals surface area contributed by atoms with E-state index in [0.29, 0.717) is 28.6 Å². The van der Waals surface area contributed by atoms with Crippen LogP contribution in [0.2, 0.25) is 5.02 Å². The SMILES string of the molecule is CC(C)COC(=O)[C@@H](C)Oc1ccc(C(=O)Nc2ccccc2Cl)cc1. The summed E-state index contributed by atoms with van der Waals surface area (Å²) in [6, 6.07) is 13.5. The molecule has 26 heavy (non-hydrogen) atoms. The van der Waals surface area contributed by atoms with Crippen LogP contribution in [-0.2, 0) is 9.53 Å². The second kappa shape index (κ2) is 9.25. The van der Waals surface area contributed by atoms with E-state index < -0.39 is 12.1 Å². The Kier molecular flexibility index (Phi) is 7.04. The van der Waals surface area contributed by atoms with Gasteiger partial charge in [0, 0.05) is 5.56 Å². The van der Waals surface area contributed by atoms with E-state index in [-0.39, 0.29) is 11.8 Å². The Morgan fingerprint density at radius 3 is 2.31 bits per heavy atom. The fourth-order valence-corrected chi connectivity index (χ4v) is 2.24. The zero-order valence-corrected chi connectivity index (χ0v) is 15.7. The molecule has 0 aliphatic heterocycles. The molecular weight excluding hydrogens is 354 g/mol. The molecule has 0 radical (unpaired) electrons. The number of rotatable bonds is 7. The first-order valence-electron chi connectivity index (χ1n) is 8.36. The van der Waals surface area contributed by atoms with Crippen LogP contribution in [0.25, 0.3) is 0 Å². The largest absolute Gasteiger partial charge is 0.479 e. The summed E-state index contributed by atoms with van der Waals surface area (Å²) in [5.74, 6) is 0.0450. The first kappa shape index (κ1) is 19.8. The molecule has 2 aromatic carbocycles. The van der Waals surface area contributed by atoms with E-state index >= 15 is 0 Å². The number of para-hydroxylation sites is 1. The third-order valence-electron chi connectivity index (χ3n) is 3.44. The summed E-state index contributed by atoms with van der Waals surface area (Å²) in [5, 5.41) is 3.21. The highest BCUT2D eigenvalue weighted by Gasteiger charge is 2.17. The van der Waals surface area contributed by atoms with Gasteiger partial charge in [0.05, 0.1) is 17.3 Å². The van der Waals surface area contributed by atoms with Crippen LogP contribution in [0.4, 0.5) is 5.69 Å². The summed E-state index contributed by atoms with van der Waals surface area (Å²) in [5.41, 5.74) is 0.994.